The third kappa shape index (κ3) is 8.21. The highest BCUT2D eigenvalue weighted by atomic mass is 19.1. The molecule has 1 atom stereocenters. The Labute approximate surface area is 211 Å². The van der Waals surface area contributed by atoms with E-state index in [-0.39, 0.29) is 11.7 Å². The lowest BCUT2D eigenvalue weighted by Crippen LogP contribution is -2.51. The van der Waals surface area contributed by atoms with Crippen LogP contribution in [0.2, 0.25) is 0 Å². The fourth-order valence-corrected chi connectivity index (χ4v) is 4.78. The summed E-state index contributed by atoms with van der Waals surface area (Å²) in [5.74, 6) is 0.325. The first-order valence-electron chi connectivity index (χ1n) is 13.0. The van der Waals surface area contributed by atoms with E-state index < -0.39 is 6.04 Å². The van der Waals surface area contributed by atoms with Crippen LogP contribution >= 0.6 is 0 Å². The van der Waals surface area contributed by atoms with Gasteiger partial charge in [-0.1, -0.05) is 49.8 Å². The van der Waals surface area contributed by atoms with E-state index in [0.29, 0.717) is 12.0 Å². The summed E-state index contributed by atoms with van der Waals surface area (Å²) < 4.78 is 13.1. The average molecular weight is 480 g/mol. The van der Waals surface area contributed by atoms with Crippen LogP contribution in [-0.2, 0) is 17.6 Å². The number of aryl methyl sites for hydroxylation is 2. The number of allylic oxidation sites excluding steroid dienone is 1. The molecule has 1 aliphatic heterocycles. The van der Waals surface area contributed by atoms with E-state index >= 15 is 0 Å². The highest BCUT2D eigenvalue weighted by molar-refractivity contribution is 5.81. The van der Waals surface area contributed by atoms with Gasteiger partial charge in [0.05, 0.1) is 6.04 Å². The number of nitrogens with zero attached hydrogens (tertiary/aromatic N) is 2. The molecule has 0 bridgehead atoms. The number of nitrogens with two attached hydrogens (primary N) is 1. The highest BCUT2D eigenvalue weighted by Gasteiger charge is 2.29. The molecule has 0 spiro atoms. The van der Waals surface area contributed by atoms with Crippen LogP contribution < -0.4 is 10.6 Å². The van der Waals surface area contributed by atoms with Gasteiger partial charge < -0.3 is 15.5 Å². The van der Waals surface area contributed by atoms with E-state index in [9.17, 15) is 9.18 Å². The predicted molar refractivity (Wildman–Crippen MR) is 144 cm³/mol. The molecule has 35 heavy (non-hydrogen) atoms. The number of hydrogen-bond donors (Lipinski definition) is 1. The van der Waals surface area contributed by atoms with Crippen LogP contribution in [0.5, 0.6) is 0 Å². The number of likely N-dealkylation sites (tertiary alicyclic amines) is 1. The van der Waals surface area contributed by atoms with Crippen molar-refractivity contribution in [2.75, 3.05) is 24.5 Å². The zero-order valence-corrected chi connectivity index (χ0v) is 21.8. The van der Waals surface area contributed by atoms with Crippen molar-refractivity contribution < 1.29 is 9.18 Å². The first-order valence-corrected chi connectivity index (χ1v) is 13.0. The second-order valence-corrected chi connectivity index (χ2v) is 10.5. The van der Waals surface area contributed by atoms with Gasteiger partial charge in [-0.05, 0) is 87.3 Å². The van der Waals surface area contributed by atoms with E-state index in [4.69, 9.17) is 5.73 Å². The normalized spacial score (nSPS) is 15.2. The summed E-state index contributed by atoms with van der Waals surface area (Å²) in [4.78, 5) is 17.2. The Morgan fingerprint density at radius 3 is 2.09 bits per heavy atom. The van der Waals surface area contributed by atoms with Crippen molar-refractivity contribution in [3.8, 4) is 0 Å². The van der Waals surface area contributed by atoms with Gasteiger partial charge in [-0.2, -0.15) is 0 Å². The molecule has 0 aliphatic carbocycles. The third-order valence-corrected chi connectivity index (χ3v) is 6.84. The average Bonchev–Trinajstić information content (AvgIpc) is 2.84. The van der Waals surface area contributed by atoms with Crippen LogP contribution in [0.1, 0.15) is 58.1 Å². The highest BCUT2D eigenvalue weighted by Crippen LogP contribution is 2.25. The Bertz CT molecular complexity index is 956. The fourth-order valence-electron chi connectivity index (χ4n) is 4.78. The van der Waals surface area contributed by atoms with Gasteiger partial charge in [0.15, 0.2) is 0 Å². The second-order valence-electron chi connectivity index (χ2n) is 10.5. The van der Waals surface area contributed by atoms with E-state index in [0.717, 1.165) is 57.3 Å². The number of carbonyl (C=O) groups excluding carboxylic acids is 1. The Morgan fingerprint density at radius 1 is 1.03 bits per heavy atom. The van der Waals surface area contributed by atoms with Crippen molar-refractivity contribution in [2.24, 2.45) is 11.7 Å². The zero-order valence-electron chi connectivity index (χ0n) is 21.8. The van der Waals surface area contributed by atoms with Crippen LogP contribution in [0.3, 0.4) is 0 Å². The predicted octanol–water partition coefficient (Wildman–Crippen LogP) is 5.75. The first kappa shape index (κ1) is 26.9. The van der Waals surface area contributed by atoms with Crippen molar-refractivity contribution in [2.45, 2.75) is 71.9 Å². The Morgan fingerprint density at radius 2 is 1.57 bits per heavy atom. The van der Waals surface area contributed by atoms with Crippen LogP contribution in [0.4, 0.5) is 10.1 Å². The molecule has 2 aromatic carbocycles. The quantitative estimate of drug-likeness (QED) is 0.442. The number of amides is 1. The van der Waals surface area contributed by atoms with Crippen LogP contribution in [-0.4, -0.2) is 42.5 Å². The molecule has 4 nitrogen and oxygen atoms in total. The van der Waals surface area contributed by atoms with Gasteiger partial charge in [-0.15, -0.1) is 0 Å². The Kier molecular flexibility index (Phi) is 9.91. The topological polar surface area (TPSA) is 49.6 Å². The summed E-state index contributed by atoms with van der Waals surface area (Å²) in [5, 5.41) is 0. The van der Waals surface area contributed by atoms with Gasteiger partial charge in [-0.3, -0.25) is 4.79 Å². The van der Waals surface area contributed by atoms with Crippen molar-refractivity contribution >= 4 is 11.6 Å². The molecule has 3 rings (SSSR count). The minimum absolute atomic E-state index is 0.0958. The van der Waals surface area contributed by atoms with Gasteiger partial charge in [-0.25, -0.2) is 4.39 Å². The van der Waals surface area contributed by atoms with Crippen molar-refractivity contribution in [1.29, 1.82) is 0 Å². The minimum Gasteiger partial charge on any atom is -0.365 e. The minimum atomic E-state index is -0.393. The van der Waals surface area contributed by atoms with E-state index in [1.54, 1.807) is 0 Å². The summed E-state index contributed by atoms with van der Waals surface area (Å²) in [6, 6.07) is 15.6. The number of rotatable bonds is 10. The lowest BCUT2D eigenvalue weighted by atomic mass is 9.98. The molecule has 1 fully saturated rings. The maximum absolute atomic E-state index is 13.1. The largest absolute Gasteiger partial charge is 0.365 e. The number of piperidine rings is 1. The van der Waals surface area contributed by atoms with Crippen molar-refractivity contribution in [3.63, 3.8) is 0 Å². The summed E-state index contributed by atoms with van der Waals surface area (Å²) in [5.41, 5.74) is 11.1. The fraction of sp³-hybridized carbons (Fsp3) is 0.500. The van der Waals surface area contributed by atoms with Crippen LogP contribution in [0.25, 0.3) is 0 Å². The van der Waals surface area contributed by atoms with Gasteiger partial charge in [0.2, 0.25) is 5.91 Å². The second kappa shape index (κ2) is 12.9. The number of halogens is 1. The Balaban J connectivity index is 1.63. The SMILES string of the molecule is CC(C)=CCN(c1ccc(CCc2ccc(F)cc2)cc1)C1CCN(C(=O)C(N)CC(C)C)CC1. The molecule has 1 heterocycles. The molecule has 0 saturated carbocycles. The number of anilines is 1. The van der Waals surface area contributed by atoms with Crippen molar-refractivity contribution in [3.05, 3.63) is 77.1 Å². The molecular weight excluding hydrogens is 437 g/mol. The Hall–Kier alpha value is -2.66. The molecule has 1 saturated heterocycles. The number of carbonyl (C=O) groups is 1. The smallest absolute Gasteiger partial charge is 0.239 e. The lowest BCUT2D eigenvalue weighted by molar-refractivity contribution is -0.134. The van der Waals surface area contributed by atoms with E-state index in [2.05, 4.69) is 62.9 Å². The molecular formula is C30H42FN3O. The van der Waals surface area contributed by atoms with E-state index in [1.165, 1.54) is 29.0 Å². The summed E-state index contributed by atoms with van der Waals surface area (Å²) in [6.45, 7) is 10.9. The van der Waals surface area contributed by atoms with Gasteiger partial charge in [0.25, 0.3) is 0 Å². The van der Waals surface area contributed by atoms with Crippen LogP contribution in [0.15, 0.2) is 60.2 Å². The van der Waals surface area contributed by atoms with Gasteiger partial charge in [0, 0.05) is 31.4 Å². The molecule has 1 aliphatic rings. The van der Waals surface area contributed by atoms with Crippen molar-refractivity contribution in [1.82, 2.24) is 4.90 Å². The summed E-state index contributed by atoms with van der Waals surface area (Å²) in [6.07, 6.45) is 6.73. The molecule has 5 heteroatoms. The number of hydrogen-bond acceptors (Lipinski definition) is 3. The van der Waals surface area contributed by atoms with E-state index in [1.807, 2.05) is 17.0 Å². The molecule has 190 valence electrons. The monoisotopic (exact) mass is 479 g/mol. The van der Waals surface area contributed by atoms with Crippen LogP contribution in [0, 0.1) is 11.7 Å². The molecule has 0 radical (unpaired) electrons. The number of benzene rings is 2. The molecule has 1 amide bonds. The third-order valence-electron chi connectivity index (χ3n) is 6.84. The first-order chi connectivity index (χ1) is 16.7. The molecule has 2 N–H and O–H groups in total. The maximum Gasteiger partial charge on any atom is 0.239 e. The molecule has 0 aromatic heterocycles. The van der Waals surface area contributed by atoms with Gasteiger partial charge >= 0.3 is 0 Å². The van der Waals surface area contributed by atoms with Gasteiger partial charge in [0.1, 0.15) is 5.82 Å². The lowest BCUT2D eigenvalue weighted by Gasteiger charge is -2.40. The maximum atomic E-state index is 13.1. The molecule has 1 unspecified atom stereocenters. The standard InChI is InChI=1S/C30H42FN3O/c1-22(2)15-20-34(28-16-18-33(19-17-28)30(35)29(32)21-23(3)4)27-13-9-25(10-14-27)6-5-24-7-11-26(31)12-8-24/h7-15,23,28-29H,5-6,16-21,32H2,1-4H3. The zero-order chi connectivity index (χ0) is 25.4. The molecule has 2 aromatic rings. The summed E-state index contributed by atoms with van der Waals surface area (Å²) >= 11 is 0. The summed E-state index contributed by atoms with van der Waals surface area (Å²) in [7, 11) is 0.